The topological polar surface area (TPSA) is 38.3 Å². The smallest absolute Gasteiger partial charge is 0.323 e. The Morgan fingerprint density at radius 1 is 1.73 bits per heavy atom. The van der Waals surface area contributed by atoms with Crippen LogP contribution in [0.5, 0.6) is 0 Å². The van der Waals surface area contributed by atoms with Crippen LogP contribution in [-0.4, -0.2) is 25.2 Å². The van der Waals surface area contributed by atoms with Crippen molar-refractivity contribution in [3.63, 3.8) is 0 Å². The molecule has 1 heterocycles. The summed E-state index contributed by atoms with van der Waals surface area (Å²) < 4.78 is 4.89. The lowest BCUT2D eigenvalue weighted by atomic mass is 10.0. The van der Waals surface area contributed by atoms with Gasteiger partial charge in [-0.2, -0.15) is 0 Å². The highest BCUT2D eigenvalue weighted by molar-refractivity contribution is 5.76. The Morgan fingerprint density at radius 3 is 2.91 bits per heavy atom. The number of nitrogens with one attached hydrogen (secondary N) is 1. The van der Waals surface area contributed by atoms with E-state index in [1.54, 1.807) is 0 Å². The van der Waals surface area contributed by atoms with Crippen LogP contribution in [-0.2, 0) is 9.53 Å². The number of esters is 1. The van der Waals surface area contributed by atoms with Gasteiger partial charge in [-0.15, -0.1) is 0 Å². The predicted molar refractivity (Wildman–Crippen MR) is 42.2 cm³/mol. The molecule has 3 heteroatoms. The number of ether oxygens (including phenoxy) is 1. The largest absolute Gasteiger partial charge is 0.465 e. The van der Waals surface area contributed by atoms with E-state index in [1.165, 1.54) is 0 Å². The second-order valence-electron chi connectivity index (χ2n) is 2.95. The number of carbonyl (C=O) groups is 1. The van der Waals surface area contributed by atoms with Crippen molar-refractivity contribution >= 4 is 5.97 Å². The molecule has 0 bridgehead atoms. The maximum absolute atomic E-state index is 11.2. The Hall–Kier alpha value is -0.570. The van der Waals surface area contributed by atoms with Crippen molar-refractivity contribution in [2.75, 3.05) is 13.2 Å². The Balaban J connectivity index is 2.39. The summed E-state index contributed by atoms with van der Waals surface area (Å²) in [4.78, 5) is 11.2. The van der Waals surface area contributed by atoms with Crippen molar-refractivity contribution in [3.8, 4) is 0 Å². The standard InChI is InChI=1S/C8H15NO2/c1-3-11-8(10)7-6(2)4-5-9-7/h6-7,9H,3-5H2,1-2H3/t6-,7?/m1/s1. The first kappa shape index (κ1) is 8.53. The second kappa shape index (κ2) is 3.72. The highest BCUT2D eigenvalue weighted by Crippen LogP contribution is 2.15. The quantitative estimate of drug-likeness (QED) is 0.595. The zero-order chi connectivity index (χ0) is 8.27. The normalized spacial score (nSPS) is 30.4. The number of hydrogen-bond donors (Lipinski definition) is 1. The maximum atomic E-state index is 11.2. The molecule has 1 saturated heterocycles. The van der Waals surface area contributed by atoms with Crippen LogP contribution in [0.1, 0.15) is 20.3 Å². The van der Waals surface area contributed by atoms with E-state index in [2.05, 4.69) is 12.2 Å². The van der Waals surface area contributed by atoms with E-state index in [-0.39, 0.29) is 12.0 Å². The third-order valence-electron chi connectivity index (χ3n) is 2.07. The molecule has 0 spiro atoms. The highest BCUT2D eigenvalue weighted by Gasteiger charge is 2.29. The first-order chi connectivity index (χ1) is 5.25. The van der Waals surface area contributed by atoms with Gasteiger partial charge in [0.25, 0.3) is 0 Å². The van der Waals surface area contributed by atoms with Crippen LogP contribution in [0, 0.1) is 5.92 Å². The van der Waals surface area contributed by atoms with E-state index < -0.39 is 0 Å². The molecule has 1 fully saturated rings. The van der Waals surface area contributed by atoms with Crippen LogP contribution in [0.2, 0.25) is 0 Å². The van der Waals surface area contributed by atoms with Crippen LogP contribution in [0.25, 0.3) is 0 Å². The lowest BCUT2D eigenvalue weighted by molar-refractivity contribution is -0.146. The fourth-order valence-electron chi connectivity index (χ4n) is 1.38. The van der Waals surface area contributed by atoms with Gasteiger partial charge in [-0.1, -0.05) is 6.92 Å². The zero-order valence-corrected chi connectivity index (χ0v) is 7.09. The second-order valence-corrected chi connectivity index (χ2v) is 2.95. The molecular formula is C8H15NO2. The molecule has 0 saturated carbocycles. The minimum Gasteiger partial charge on any atom is -0.465 e. The molecule has 0 aliphatic carbocycles. The van der Waals surface area contributed by atoms with Crippen LogP contribution >= 0.6 is 0 Å². The molecule has 0 radical (unpaired) electrons. The summed E-state index contributed by atoms with van der Waals surface area (Å²) in [7, 11) is 0. The molecule has 0 aromatic carbocycles. The van der Waals surface area contributed by atoms with E-state index in [0.717, 1.165) is 13.0 Å². The molecule has 1 N–H and O–H groups in total. The monoisotopic (exact) mass is 157 g/mol. The average molecular weight is 157 g/mol. The fourth-order valence-corrected chi connectivity index (χ4v) is 1.38. The molecule has 11 heavy (non-hydrogen) atoms. The summed E-state index contributed by atoms with van der Waals surface area (Å²) in [5.41, 5.74) is 0. The van der Waals surface area contributed by atoms with Gasteiger partial charge in [0.15, 0.2) is 0 Å². The van der Waals surface area contributed by atoms with Crippen molar-refractivity contribution < 1.29 is 9.53 Å². The Morgan fingerprint density at radius 2 is 2.45 bits per heavy atom. The minimum absolute atomic E-state index is 0.0602. The van der Waals surface area contributed by atoms with Crippen molar-refractivity contribution in [3.05, 3.63) is 0 Å². The molecule has 3 nitrogen and oxygen atoms in total. The molecule has 0 amide bonds. The van der Waals surface area contributed by atoms with Gasteiger partial charge in [0.1, 0.15) is 6.04 Å². The Labute approximate surface area is 67.1 Å². The van der Waals surface area contributed by atoms with Gasteiger partial charge in [-0.05, 0) is 25.8 Å². The highest BCUT2D eigenvalue weighted by atomic mass is 16.5. The SMILES string of the molecule is CCOC(=O)C1NCC[C@H]1C. The van der Waals surface area contributed by atoms with E-state index >= 15 is 0 Å². The molecule has 1 aliphatic heterocycles. The molecule has 1 aliphatic rings. The van der Waals surface area contributed by atoms with Gasteiger partial charge >= 0.3 is 5.97 Å². The maximum Gasteiger partial charge on any atom is 0.323 e. The van der Waals surface area contributed by atoms with Gasteiger partial charge in [-0.25, -0.2) is 0 Å². The molecule has 0 aromatic rings. The molecule has 64 valence electrons. The summed E-state index contributed by atoms with van der Waals surface area (Å²) in [6.45, 7) is 5.31. The van der Waals surface area contributed by atoms with Gasteiger partial charge in [0.05, 0.1) is 6.61 Å². The average Bonchev–Trinajstić information content (AvgIpc) is 2.36. The molecule has 0 aromatic heterocycles. The van der Waals surface area contributed by atoms with Crippen molar-refractivity contribution in [2.24, 2.45) is 5.92 Å². The predicted octanol–water partition coefficient (Wildman–Crippen LogP) is 0.547. The third kappa shape index (κ3) is 1.93. The van der Waals surface area contributed by atoms with E-state index in [4.69, 9.17) is 4.74 Å². The lowest BCUT2D eigenvalue weighted by Crippen LogP contribution is -2.36. The van der Waals surface area contributed by atoms with Crippen LogP contribution in [0.3, 0.4) is 0 Å². The van der Waals surface area contributed by atoms with E-state index in [1.807, 2.05) is 6.92 Å². The Bertz CT molecular complexity index is 147. The number of hydrogen-bond acceptors (Lipinski definition) is 3. The van der Waals surface area contributed by atoms with Crippen LogP contribution < -0.4 is 5.32 Å². The summed E-state index contributed by atoms with van der Waals surface area (Å²) in [5, 5.41) is 3.12. The fraction of sp³-hybridized carbons (Fsp3) is 0.875. The first-order valence-corrected chi connectivity index (χ1v) is 4.15. The zero-order valence-electron chi connectivity index (χ0n) is 7.09. The van der Waals surface area contributed by atoms with Gasteiger partial charge < -0.3 is 10.1 Å². The van der Waals surface area contributed by atoms with Gasteiger partial charge in [-0.3, -0.25) is 4.79 Å². The summed E-state index contributed by atoms with van der Waals surface area (Å²) in [6, 6.07) is -0.0602. The van der Waals surface area contributed by atoms with Crippen molar-refractivity contribution in [1.82, 2.24) is 5.32 Å². The van der Waals surface area contributed by atoms with Crippen LogP contribution in [0.15, 0.2) is 0 Å². The summed E-state index contributed by atoms with van der Waals surface area (Å²) in [5.74, 6) is 0.326. The molecule has 2 atom stereocenters. The first-order valence-electron chi connectivity index (χ1n) is 4.15. The third-order valence-corrected chi connectivity index (χ3v) is 2.07. The van der Waals surface area contributed by atoms with E-state index in [9.17, 15) is 4.79 Å². The van der Waals surface area contributed by atoms with Crippen molar-refractivity contribution in [2.45, 2.75) is 26.3 Å². The van der Waals surface area contributed by atoms with Crippen LogP contribution in [0.4, 0.5) is 0 Å². The van der Waals surface area contributed by atoms with Gasteiger partial charge in [0, 0.05) is 0 Å². The summed E-state index contributed by atoms with van der Waals surface area (Å²) in [6.07, 6.45) is 1.07. The molecular weight excluding hydrogens is 142 g/mol. The molecule has 1 unspecified atom stereocenters. The van der Waals surface area contributed by atoms with Gasteiger partial charge in [0.2, 0.25) is 0 Å². The molecule has 1 rings (SSSR count). The summed E-state index contributed by atoms with van der Waals surface area (Å²) >= 11 is 0. The minimum atomic E-state index is -0.0995. The van der Waals surface area contributed by atoms with Crippen molar-refractivity contribution in [1.29, 1.82) is 0 Å². The number of carbonyl (C=O) groups excluding carboxylic acids is 1. The van der Waals surface area contributed by atoms with E-state index in [0.29, 0.717) is 12.5 Å². The number of rotatable bonds is 2. The Kier molecular flexibility index (Phi) is 2.88. The lowest BCUT2D eigenvalue weighted by Gasteiger charge is -2.12.